The van der Waals surface area contributed by atoms with Crippen molar-refractivity contribution in [3.63, 3.8) is 0 Å². The summed E-state index contributed by atoms with van der Waals surface area (Å²) in [6, 6.07) is 5.57. The second kappa shape index (κ2) is 6.77. The van der Waals surface area contributed by atoms with Crippen molar-refractivity contribution in [2.75, 3.05) is 13.7 Å². The average molecular weight is 328 g/mol. The van der Waals surface area contributed by atoms with E-state index in [2.05, 4.69) is 16.8 Å². The molecule has 0 spiro atoms. The van der Waals surface area contributed by atoms with Crippen LogP contribution in [-0.4, -0.2) is 35.5 Å². The number of hydrogen-bond donors (Lipinski definition) is 1. The lowest BCUT2D eigenvalue weighted by atomic mass is 10.0. The fraction of sp³-hybridized carbons (Fsp3) is 0.474. The summed E-state index contributed by atoms with van der Waals surface area (Å²) in [4.78, 5) is 30.4. The van der Waals surface area contributed by atoms with Crippen molar-refractivity contribution in [2.45, 2.75) is 45.7 Å². The second-order valence-electron chi connectivity index (χ2n) is 6.62. The first-order chi connectivity index (χ1) is 11.5. The fourth-order valence-electron chi connectivity index (χ4n) is 3.48. The van der Waals surface area contributed by atoms with Crippen LogP contribution in [0.5, 0.6) is 0 Å². The zero-order chi connectivity index (χ0) is 17.3. The Morgan fingerprint density at radius 3 is 2.88 bits per heavy atom. The number of rotatable bonds is 3. The Morgan fingerprint density at radius 2 is 2.17 bits per heavy atom. The van der Waals surface area contributed by atoms with Gasteiger partial charge in [-0.25, -0.2) is 4.79 Å². The molecule has 1 fully saturated rings. The molecule has 0 amide bonds. The lowest BCUT2D eigenvalue weighted by Crippen LogP contribution is -2.38. The van der Waals surface area contributed by atoms with Gasteiger partial charge < -0.3 is 9.72 Å². The molecule has 0 saturated carbocycles. The van der Waals surface area contributed by atoms with E-state index in [1.807, 2.05) is 6.92 Å². The van der Waals surface area contributed by atoms with E-state index in [4.69, 9.17) is 4.74 Å². The van der Waals surface area contributed by atoms with Crippen LogP contribution in [-0.2, 0) is 11.3 Å². The summed E-state index contributed by atoms with van der Waals surface area (Å²) in [5, 5.41) is 0.545. The maximum atomic E-state index is 13.0. The molecule has 3 rings (SSSR count). The number of nitrogens with one attached hydrogen (secondary N) is 1. The van der Waals surface area contributed by atoms with Crippen molar-refractivity contribution in [3.05, 3.63) is 45.2 Å². The Bertz CT molecular complexity index is 825. The lowest BCUT2D eigenvalue weighted by molar-refractivity contribution is 0.0601. The number of carbonyl (C=O) groups is 1. The van der Waals surface area contributed by atoms with Crippen LogP contribution in [0.4, 0.5) is 0 Å². The first-order valence-corrected chi connectivity index (χ1v) is 8.49. The van der Waals surface area contributed by atoms with Gasteiger partial charge in [0.25, 0.3) is 0 Å². The van der Waals surface area contributed by atoms with Crippen molar-refractivity contribution in [1.82, 2.24) is 9.88 Å². The number of fused-ring (bicyclic) bond motifs is 1. The normalized spacial score (nSPS) is 18.7. The number of methoxy groups -OCH3 is 1. The van der Waals surface area contributed by atoms with Gasteiger partial charge in [-0.15, -0.1) is 0 Å². The summed E-state index contributed by atoms with van der Waals surface area (Å²) in [6.07, 6.45) is 3.62. The van der Waals surface area contributed by atoms with Crippen molar-refractivity contribution >= 4 is 16.9 Å². The third-order valence-electron chi connectivity index (χ3n) is 5.04. The molecule has 24 heavy (non-hydrogen) atoms. The van der Waals surface area contributed by atoms with E-state index < -0.39 is 5.97 Å². The van der Waals surface area contributed by atoms with Gasteiger partial charge in [0, 0.05) is 34.7 Å². The summed E-state index contributed by atoms with van der Waals surface area (Å²) in [5.74, 6) is -0.428. The molecule has 1 N–H and O–H groups in total. The summed E-state index contributed by atoms with van der Waals surface area (Å²) in [6.45, 7) is 5.85. The minimum Gasteiger partial charge on any atom is -0.465 e. The summed E-state index contributed by atoms with van der Waals surface area (Å²) >= 11 is 0. The molecule has 128 valence electrons. The van der Waals surface area contributed by atoms with Gasteiger partial charge in [0.15, 0.2) is 5.43 Å². The Labute approximate surface area is 141 Å². The molecule has 1 aliphatic heterocycles. The zero-order valence-electron chi connectivity index (χ0n) is 14.5. The molecular formula is C19H24N2O3. The predicted molar refractivity (Wildman–Crippen MR) is 94.4 cm³/mol. The molecule has 1 saturated heterocycles. The van der Waals surface area contributed by atoms with Crippen LogP contribution in [0.25, 0.3) is 10.9 Å². The smallest absolute Gasteiger partial charge is 0.337 e. The van der Waals surface area contributed by atoms with Crippen LogP contribution in [0.1, 0.15) is 47.8 Å². The number of hydrogen-bond acceptors (Lipinski definition) is 4. The Morgan fingerprint density at radius 1 is 1.38 bits per heavy atom. The number of nitrogens with zero attached hydrogens (tertiary/aromatic N) is 1. The SMILES string of the molecule is COC(=O)c1ccc2[nH]c(C)c(CN3CCCCC3C)c(=O)c2c1. The summed E-state index contributed by atoms with van der Waals surface area (Å²) in [5.41, 5.74) is 2.84. The number of esters is 1. The number of piperidine rings is 1. The molecule has 1 atom stereocenters. The van der Waals surface area contributed by atoms with Crippen LogP contribution in [0.3, 0.4) is 0 Å². The van der Waals surface area contributed by atoms with E-state index in [9.17, 15) is 9.59 Å². The number of pyridine rings is 1. The first-order valence-electron chi connectivity index (χ1n) is 8.49. The molecule has 5 nitrogen and oxygen atoms in total. The number of aromatic amines is 1. The lowest BCUT2D eigenvalue weighted by Gasteiger charge is -2.33. The van der Waals surface area contributed by atoms with Gasteiger partial charge in [0.2, 0.25) is 0 Å². The quantitative estimate of drug-likeness (QED) is 0.880. The third-order valence-corrected chi connectivity index (χ3v) is 5.04. The molecule has 1 unspecified atom stereocenters. The highest BCUT2D eigenvalue weighted by Crippen LogP contribution is 2.20. The number of ether oxygens (including phenoxy) is 1. The zero-order valence-corrected chi connectivity index (χ0v) is 14.5. The monoisotopic (exact) mass is 328 g/mol. The summed E-state index contributed by atoms with van der Waals surface area (Å²) in [7, 11) is 1.34. The standard InChI is InChI=1S/C19H24N2O3/c1-12-6-4-5-9-21(12)11-16-13(2)20-17-8-7-14(19(23)24-3)10-15(17)18(16)22/h7-8,10,12H,4-6,9,11H2,1-3H3,(H,20,22). The van der Waals surface area contributed by atoms with E-state index >= 15 is 0 Å². The molecule has 0 bridgehead atoms. The molecule has 1 aromatic carbocycles. The number of carbonyl (C=O) groups excluding carboxylic acids is 1. The van der Waals surface area contributed by atoms with E-state index in [1.165, 1.54) is 26.4 Å². The molecule has 2 heterocycles. The van der Waals surface area contributed by atoms with Crippen LogP contribution in [0.2, 0.25) is 0 Å². The number of H-pyrrole nitrogens is 1. The highest BCUT2D eigenvalue weighted by atomic mass is 16.5. The first kappa shape index (κ1) is 16.7. The van der Waals surface area contributed by atoms with Gasteiger partial charge in [-0.2, -0.15) is 0 Å². The number of aryl methyl sites for hydroxylation is 1. The minimum absolute atomic E-state index is 0.00442. The fourth-order valence-corrected chi connectivity index (χ4v) is 3.48. The molecular weight excluding hydrogens is 304 g/mol. The number of benzene rings is 1. The maximum Gasteiger partial charge on any atom is 0.337 e. The maximum absolute atomic E-state index is 13.0. The van der Waals surface area contributed by atoms with Crippen molar-refractivity contribution in [3.8, 4) is 0 Å². The largest absolute Gasteiger partial charge is 0.465 e. The van der Waals surface area contributed by atoms with Crippen molar-refractivity contribution in [1.29, 1.82) is 0 Å². The van der Waals surface area contributed by atoms with Gasteiger partial charge in [-0.1, -0.05) is 6.42 Å². The summed E-state index contributed by atoms with van der Waals surface area (Å²) < 4.78 is 4.76. The minimum atomic E-state index is -0.428. The van der Waals surface area contributed by atoms with Gasteiger partial charge in [0.05, 0.1) is 12.7 Å². The molecule has 0 aliphatic carbocycles. The van der Waals surface area contributed by atoms with Crippen LogP contribution in [0.15, 0.2) is 23.0 Å². The predicted octanol–water partition coefficient (Wildman–Crippen LogP) is 3.00. The van der Waals surface area contributed by atoms with Gasteiger partial charge >= 0.3 is 5.97 Å². The molecule has 1 aromatic heterocycles. The van der Waals surface area contributed by atoms with Gasteiger partial charge in [-0.3, -0.25) is 9.69 Å². The van der Waals surface area contributed by atoms with Crippen molar-refractivity contribution in [2.24, 2.45) is 0 Å². The number of aromatic nitrogens is 1. The highest BCUT2D eigenvalue weighted by molar-refractivity contribution is 5.94. The third kappa shape index (κ3) is 3.08. The van der Waals surface area contributed by atoms with E-state index in [1.54, 1.807) is 18.2 Å². The van der Waals surface area contributed by atoms with Crippen LogP contribution in [0, 0.1) is 6.92 Å². The molecule has 0 radical (unpaired) electrons. The van der Waals surface area contributed by atoms with E-state index in [0.29, 0.717) is 23.5 Å². The highest BCUT2D eigenvalue weighted by Gasteiger charge is 2.21. The van der Waals surface area contributed by atoms with E-state index in [0.717, 1.165) is 23.3 Å². The van der Waals surface area contributed by atoms with Gasteiger partial charge in [0.1, 0.15) is 0 Å². The topological polar surface area (TPSA) is 62.4 Å². The Hall–Kier alpha value is -2.14. The molecule has 5 heteroatoms. The Balaban J connectivity index is 2.04. The van der Waals surface area contributed by atoms with Crippen LogP contribution >= 0.6 is 0 Å². The van der Waals surface area contributed by atoms with Crippen LogP contribution < -0.4 is 5.43 Å². The Kier molecular flexibility index (Phi) is 4.71. The second-order valence-corrected chi connectivity index (χ2v) is 6.62. The molecule has 2 aromatic rings. The van der Waals surface area contributed by atoms with Gasteiger partial charge in [-0.05, 0) is 51.4 Å². The molecule has 1 aliphatic rings. The van der Waals surface area contributed by atoms with Crippen molar-refractivity contribution < 1.29 is 9.53 Å². The average Bonchev–Trinajstić information content (AvgIpc) is 2.59. The van der Waals surface area contributed by atoms with E-state index in [-0.39, 0.29) is 5.43 Å². The number of likely N-dealkylation sites (tertiary alicyclic amines) is 1.